The van der Waals surface area contributed by atoms with Crippen molar-refractivity contribution in [1.82, 2.24) is 10.6 Å². The number of hydrogen-bond acceptors (Lipinski definition) is 4. The van der Waals surface area contributed by atoms with Crippen LogP contribution >= 0.6 is 0 Å². The Bertz CT molecular complexity index is 653. The first kappa shape index (κ1) is 20.9. The van der Waals surface area contributed by atoms with Gasteiger partial charge in [-0.15, -0.1) is 0 Å². The molecular formula is C21H30N2O4. The zero-order chi connectivity index (χ0) is 20.0. The lowest BCUT2D eigenvalue weighted by atomic mass is 10.0. The van der Waals surface area contributed by atoms with E-state index in [-0.39, 0.29) is 29.8 Å². The molecule has 1 aliphatic rings. The summed E-state index contributed by atoms with van der Waals surface area (Å²) >= 11 is 0. The number of carbonyl (C=O) groups excluding carboxylic acids is 3. The maximum Gasteiger partial charge on any atom is 0.329 e. The van der Waals surface area contributed by atoms with E-state index in [2.05, 4.69) is 10.6 Å². The van der Waals surface area contributed by atoms with Gasteiger partial charge in [-0.1, -0.05) is 44.2 Å². The van der Waals surface area contributed by atoms with Crippen molar-refractivity contribution in [3.8, 4) is 0 Å². The Morgan fingerprint density at radius 1 is 1.04 bits per heavy atom. The van der Waals surface area contributed by atoms with Crippen molar-refractivity contribution in [1.29, 1.82) is 0 Å². The standard InChI is InChI=1S/C21H30N2O4/c1-13(2)18(23-19(24)16-10-11-16)20(25)22-17(21(26)27-14(3)4)12-15-8-6-5-7-9-15/h5-9,13-14,16-18H,10-12H2,1-4H3,(H,22,25)(H,23,24)/t17-,18+/m1/s1. The van der Waals surface area contributed by atoms with E-state index in [1.165, 1.54) is 0 Å². The van der Waals surface area contributed by atoms with Crippen LogP contribution in [0.5, 0.6) is 0 Å². The Balaban J connectivity index is 2.09. The SMILES string of the molecule is CC(C)OC(=O)[C@@H](Cc1ccccc1)NC(=O)[C@@H](NC(=O)C1CC1)C(C)C. The molecule has 2 N–H and O–H groups in total. The molecule has 6 nitrogen and oxygen atoms in total. The summed E-state index contributed by atoms with van der Waals surface area (Å²) < 4.78 is 5.31. The second-order valence-electron chi connectivity index (χ2n) is 7.74. The van der Waals surface area contributed by atoms with Gasteiger partial charge in [-0.3, -0.25) is 9.59 Å². The summed E-state index contributed by atoms with van der Waals surface area (Å²) in [5, 5.41) is 5.61. The lowest BCUT2D eigenvalue weighted by molar-refractivity contribution is -0.151. The predicted molar refractivity (Wildman–Crippen MR) is 103 cm³/mol. The van der Waals surface area contributed by atoms with Crippen molar-refractivity contribution in [3.05, 3.63) is 35.9 Å². The largest absolute Gasteiger partial charge is 0.461 e. The second kappa shape index (κ2) is 9.53. The topological polar surface area (TPSA) is 84.5 Å². The molecule has 0 spiro atoms. The fourth-order valence-corrected chi connectivity index (χ4v) is 2.77. The third-order valence-corrected chi connectivity index (χ3v) is 4.43. The van der Waals surface area contributed by atoms with Crippen molar-refractivity contribution in [2.75, 3.05) is 0 Å². The molecule has 1 aromatic rings. The highest BCUT2D eigenvalue weighted by molar-refractivity contribution is 5.92. The van der Waals surface area contributed by atoms with Crippen molar-refractivity contribution < 1.29 is 19.1 Å². The molecule has 2 amide bonds. The molecule has 0 aliphatic heterocycles. The highest BCUT2D eigenvalue weighted by atomic mass is 16.5. The quantitative estimate of drug-likeness (QED) is 0.649. The zero-order valence-electron chi connectivity index (χ0n) is 16.5. The summed E-state index contributed by atoms with van der Waals surface area (Å²) in [5.41, 5.74) is 0.923. The van der Waals surface area contributed by atoms with Gasteiger partial charge in [0.15, 0.2) is 0 Å². The lowest BCUT2D eigenvalue weighted by Crippen LogP contribution is -2.54. The molecule has 0 saturated heterocycles. The van der Waals surface area contributed by atoms with Gasteiger partial charge < -0.3 is 15.4 Å². The fraction of sp³-hybridized carbons (Fsp3) is 0.571. The Hall–Kier alpha value is -2.37. The normalized spacial score (nSPS) is 15.9. The molecular weight excluding hydrogens is 344 g/mol. The fourth-order valence-electron chi connectivity index (χ4n) is 2.77. The maximum absolute atomic E-state index is 12.8. The molecule has 0 aromatic heterocycles. The number of benzene rings is 1. The van der Waals surface area contributed by atoms with Crippen LogP contribution in [0, 0.1) is 11.8 Å². The molecule has 1 aromatic carbocycles. The van der Waals surface area contributed by atoms with E-state index in [4.69, 9.17) is 4.74 Å². The average molecular weight is 374 g/mol. The first-order valence-electron chi connectivity index (χ1n) is 9.63. The molecule has 1 saturated carbocycles. The van der Waals surface area contributed by atoms with Crippen LogP contribution in [0.1, 0.15) is 46.1 Å². The zero-order valence-corrected chi connectivity index (χ0v) is 16.5. The van der Waals surface area contributed by atoms with Gasteiger partial charge in [-0.2, -0.15) is 0 Å². The van der Waals surface area contributed by atoms with Gasteiger partial charge in [0.25, 0.3) is 0 Å². The van der Waals surface area contributed by atoms with Crippen LogP contribution in [0.2, 0.25) is 0 Å². The van der Waals surface area contributed by atoms with Gasteiger partial charge in [-0.25, -0.2) is 4.79 Å². The number of nitrogens with one attached hydrogen (secondary N) is 2. The monoisotopic (exact) mass is 374 g/mol. The first-order chi connectivity index (χ1) is 12.8. The number of hydrogen-bond donors (Lipinski definition) is 2. The van der Waals surface area contributed by atoms with E-state index in [9.17, 15) is 14.4 Å². The molecule has 1 fully saturated rings. The predicted octanol–water partition coefficient (Wildman–Crippen LogP) is 2.22. The van der Waals surface area contributed by atoms with Crippen LogP contribution < -0.4 is 10.6 Å². The third-order valence-electron chi connectivity index (χ3n) is 4.43. The Kier molecular flexibility index (Phi) is 7.39. The van der Waals surface area contributed by atoms with E-state index in [1.54, 1.807) is 13.8 Å². The van der Waals surface area contributed by atoms with E-state index < -0.39 is 18.1 Å². The summed E-state index contributed by atoms with van der Waals surface area (Å²) in [6.45, 7) is 7.28. The van der Waals surface area contributed by atoms with Crippen molar-refractivity contribution in [3.63, 3.8) is 0 Å². The Morgan fingerprint density at radius 2 is 1.67 bits per heavy atom. The van der Waals surface area contributed by atoms with Crippen LogP contribution in [0.25, 0.3) is 0 Å². The number of esters is 1. The summed E-state index contributed by atoms with van der Waals surface area (Å²) in [6.07, 6.45) is 1.80. The van der Waals surface area contributed by atoms with E-state index in [0.717, 1.165) is 18.4 Å². The highest BCUT2D eigenvalue weighted by Gasteiger charge is 2.35. The van der Waals surface area contributed by atoms with Gasteiger partial charge in [-0.05, 0) is 38.2 Å². The van der Waals surface area contributed by atoms with E-state index in [1.807, 2.05) is 44.2 Å². The second-order valence-corrected chi connectivity index (χ2v) is 7.74. The number of carbonyl (C=O) groups is 3. The molecule has 0 radical (unpaired) electrons. The highest BCUT2D eigenvalue weighted by Crippen LogP contribution is 2.29. The van der Waals surface area contributed by atoms with Crippen molar-refractivity contribution in [2.45, 2.75) is 65.1 Å². The first-order valence-corrected chi connectivity index (χ1v) is 9.63. The minimum atomic E-state index is -0.804. The maximum atomic E-state index is 12.8. The minimum absolute atomic E-state index is 0.0186. The molecule has 1 aliphatic carbocycles. The molecule has 0 unspecified atom stereocenters. The number of rotatable bonds is 9. The van der Waals surface area contributed by atoms with Crippen molar-refractivity contribution in [2.24, 2.45) is 11.8 Å². The van der Waals surface area contributed by atoms with Gasteiger partial charge in [0, 0.05) is 12.3 Å². The van der Waals surface area contributed by atoms with Crippen molar-refractivity contribution >= 4 is 17.8 Å². The van der Waals surface area contributed by atoms with Crippen LogP contribution in [0.3, 0.4) is 0 Å². The van der Waals surface area contributed by atoms with E-state index in [0.29, 0.717) is 6.42 Å². The molecule has 2 rings (SSSR count). The molecule has 6 heteroatoms. The molecule has 27 heavy (non-hydrogen) atoms. The van der Waals surface area contributed by atoms with E-state index >= 15 is 0 Å². The summed E-state index contributed by atoms with van der Waals surface area (Å²) in [6, 6.07) is 7.98. The van der Waals surface area contributed by atoms with Crippen LogP contribution in [0.4, 0.5) is 0 Å². The summed E-state index contributed by atoms with van der Waals surface area (Å²) in [4.78, 5) is 37.4. The van der Waals surface area contributed by atoms with Crippen LogP contribution in [-0.4, -0.2) is 36.0 Å². The average Bonchev–Trinajstić information content (AvgIpc) is 3.44. The third kappa shape index (κ3) is 6.70. The number of amides is 2. The lowest BCUT2D eigenvalue weighted by Gasteiger charge is -2.25. The van der Waals surface area contributed by atoms with Gasteiger partial charge in [0.1, 0.15) is 12.1 Å². The molecule has 2 atom stereocenters. The van der Waals surface area contributed by atoms with Gasteiger partial charge in [0.05, 0.1) is 6.10 Å². The summed E-state index contributed by atoms with van der Waals surface area (Å²) in [5.74, 6) is -0.997. The van der Waals surface area contributed by atoms with Crippen LogP contribution in [0.15, 0.2) is 30.3 Å². The molecule has 148 valence electrons. The molecule has 0 bridgehead atoms. The van der Waals surface area contributed by atoms with Crippen LogP contribution in [-0.2, 0) is 25.5 Å². The van der Waals surface area contributed by atoms with Gasteiger partial charge in [0.2, 0.25) is 11.8 Å². The number of ether oxygens (including phenoxy) is 1. The molecule has 0 heterocycles. The summed E-state index contributed by atoms with van der Waals surface area (Å²) in [7, 11) is 0. The Labute approximate surface area is 161 Å². The Morgan fingerprint density at radius 3 is 2.19 bits per heavy atom. The smallest absolute Gasteiger partial charge is 0.329 e. The minimum Gasteiger partial charge on any atom is -0.461 e. The van der Waals surface area contributed by atoms with Gasteiger partial charge >= 0.3 is 5.97 Å².